The van der Waals surface area contributed by atoms with E-state index in [0.29, 0.717) is 11.7 Å². The SMILES string of the molecule is O=C1CCCC2Cc3cc4ccccc4cc3C=C12. The van der Waals surface area contributed by atoms with Crippen LogP contribution >= 0.6 is 0 Å². The van der Waals surface area contributed by atoms with Gasteiger partial charge in [0.1, 0.15) is 0 Å². The summed E-state index contributed by atoms with van der Waals surface area (Å²) in [4.78, 5) is 12.0. The summed E-state index contributed by atoms with van der Waals surface area (Å²) in [7, 11) is 0. The molecular formula is C18H16O. The van der Waals surface area contributed by atoms with E-state index in [9.17, 15) is 4.79 Å². The molecule has 1 fully saturated rings. The summed E-state index contributed by atoms with van der Waals surface area (Å²) in [5.41, 5.74) is 3.73. The van der Waals surface area contributed by atoms with Crippen LogP contribution < -0.4 is 0 Å². The van der Waals surface area contributed by atoms with Crippen LogP contribution in [-0.4, -0.2) is 5.78 Å². The van der Waals surface area contributed by atoms with Crippen molar-refractivity contribution in [1.29, 1.82) is 0 Å². The molecule has 0 aliphatic heterocycles. The van der Waals surface area contributed by atoms with Crippen LogP contribution in [0.4, 0.5) is 0 Å². The monoisotopic (exact) mass is 248 g/mol. The van der Waals surface area contributed by atoms with Gasteiger partial charge in [0, 0.05) is 6.42 Å². The molecule has 0 saturated heterocycles. The van der Waals surface area contributed by atoms with Crippen molar-refractivity contribution in [1.82, 2.24) is 0 Å². The highest BCUT2D eigenvalue weighted by Crippen LogP contribution is 2.37. The van der Waals surface area contributed by atoms with Crippen LogP contribution in [0.5, 0.6) is 0 Å². The van der Waals surface area contributed by atoms with Gasteiger partial charge in [0.2, 0.25) is 0 Å². The van der Waals surface area contributed by atoms with E-state index < -0.39 is 0 Å². The number of carbonyl (C=O) groups is 1. The molecule has 2 aromatic rings. The van der Waals surface area contributed by atoms with Gasteiger partial charge in [0.15, 0.2) is 5.78 Å². The Balaban J connectivity index is 1.91. The molecule has 0 bridgehead atoms. The van der Waals surface area contributed by atoms with Crippen molar-refractivity contribution in [3.63, 3.8) is 0 Å². The van der Waals surface area contributed by atoms with Gasteiger partial charge in [-0.05, 0) is 64.8 Å². The average Bonchev–Trinajstić information content (AvgIpc) is 2.44. The van der Waals surface area contributed by atoms with Gasteiger partial charge in [-0.15, -0.1) is 0 Å². The van der Waals surface area contributed by atoms with Crippen molar-refractivity contribution >= 4 is 22.6 Å². The molecule has 1 unspecified atom stereocenters. The van der Waals surface area contributed by atoms with Gasteiger partial charge in [-0.1, -0.05) is 30.3 Å². The predicted molar refractivity (Wildman–Crippen MR) is 78.0 cm³/mol. The Labute approximate surface area is 112 Å². The van der Waals surface area contributed by atoms with Gasteiger partial charge in [-0.2, -0.15) is 0 Å². The molecule has 0 spiro atoms. The third-order valence-electron chi connectivity index (χ3n) is 4.50. The summed E-state index contributed by atoms with van der Waals surface area (Å²) in [6, 6.07) is 13.0. The van der Waals surface area contributed by atoms with E-state index in [0.717, 1.165) is 24.8 Å². The van der Waals surface area contributed by atoms with Gasteiger partial charge in [0.25, 0.3) is 0 Å². The summed E-state index contributed by atoms with van der Waals surface area (Å²) in [5.74, 6) is 0.838. The third kappa shape index (κ3) is 1.73. The normalized spacial score (nSPS) is 21.8. The van der Waals surface area contributed by atoms with Gasteiger partial charge in [0.05, 0.1) is 0 Å². The van der Waals surface area contributed by atoms with Crippen LogP contribution in [0.3, 0.4) is 0 Å². The number of fused-ring (bicyclic) bond motifs is 3. The fourth-order valence-corrected chi connectivity index (χ4v) is 3.50. The fourth-order valence-electron chi connectivity index (χ4n) is 3.50. The maximum Gasteiger partial charge on any atom is 0.159 e. The lowest BCUT2D eigenvalue weighted by Gasteiger charge is -2.29. The second-order valence-electron chi connectivity index (χ2n) is 5.71. The van der Waals surface area contributed by atoms with Gasteiger partial charge >= 0.3 is 0 Å². The largest absolute Gasteiger partial charge is 0.295 e. The minimum atomic E-state index is 0.370. The summed E-state index contributed by atoms with van der Waals surface area (Å²) in [6.45, 7) is 0. The standard InChI is InChI=1S/C18H16O/c19-18-7-3-6-14-10-15-8-12-4-1-2-5-13(12)9-16(15)11-17(14)18/h1-2,4-5,8-9,11,14H,3,6-7,10H2. The Kier molecular flexibility index (Phi) is 2.34. The van der Waals surface area contributed by atoms with Crippen molar-refractivity contribution in [2.24, 2.45) is 5.92 Å². The highest BCUT2D eigenvalue weighted by Gasteiger charge is 2.29. The minimum absolute atomic E-state index is 0.370. The first-order valence-corrected chi connectivity index (χ1v) is 7.08. The van der Waals surface area contributed by atoms with Crippen LogP contribution in [-0.2, 0) is 11.2 Å². The van der Waals surface area contributed by atoms with E-state index in [1.165, 1.54) is 28.3 Å². The van der Waals surface area contributed by atoms with Crippen LogP contribution in [0, 0.1) is 5.92 Å². The Morgan fingerprint density at radius 2 is 1.84 bits per heavy atom. The maximum atomic E-state index is 12.0. The molecule has 2 aliphatic carbocycles. The van der Waals surface area contributed by atoms with Crippen molar-refractivity contribution in [3.8, 4) is 0 Å². The third-order valence-corrected chi connectivity index (χ3v) is 4.50. The van der Waals surface area contributed by atoms with Crippen molar-refractivity contribution in [2.75, 3.05) is 0 Å². The molecule has 19 heavy (non-hydrogen) atoms. The predicted octanol–water partition coefficient (Wildman–Crippen LogP) is 4.15. The highest BCUT2D eigenvalue weighted by atomic mass is 16.1. The molecule has 0 heterocycles. The van der Waals surface area contributed by atoms with Crippen molar-refractivity contribution in [2.45, 2.75) is 25.7 Å². The molecule has 94 valence electrons. The molecule has 2 aliphatic rings. The van der Waals surface area contributed by atoms with Crippen molar-refractivity contribution in [3.05, 3.63) is 53.1 Å². The summed E-state index contributed by atoms with van der Waals surface area (Å²) in [6.07, 6.45) is 6.16. The first-order chi connectivity index (χ1) is 9.31. The lowest BCUT2D eigenvalue weighted by Crippen LogP contribution is -2.23. The summed E-state index contributed by atoms with van der Waals surface area (Å²) >= 11 is 0. The molecule has 1 heteroatoms. The van der Waals surface area contributed by atoms with E-state index in [-0.39, 0.29) is 0 Å². The molecule has 0 radical (unpaired) electrons. The molecule has 2 aromatic carbocycles. The van der Waals surface area contributed by atoms with Gasteiger partial charge in [-0.25, -0.2) is 0 Å². The number of benzene rings is 2. The zero-order valence-electron chi connectivity index (χ0n) is 10.9. The molecular weight excluding hydrogens is 232 g/mol. The number of hydrogen-bond donors (Lipinski definition) is 0. The Morgan fingerprint density at radius 3 is 2.68 bits per heavy atom. The molecule has 1 saturated carbocycles. The topological polar surface area (TPSA) is 17.1 Å². The van der Waals surface area contributed by atoms with Gasteiger partial charge in [-0.3, -0.25) is 4.79 Å². The van der Waals surface area contributed by atoms with Crippen LogP contribution in [0.1, 0.15) is 30.4 Å². The maximum absolute atomic E-state index is 12.0. The fraction of sp³-hybridized carbons (Fsp3) is 0.278. The molecule has 0 N–H and O–H groups in total. The molecule has 0 amide bonds. The number of carbonyl (C=O) groups excluding carboxylic acids is 1. The van der Waals surface area contributed by atoms with Crippen LogP contribution in [0.15, 0.2) is 42.0 Å². The van der Waals surface area contributed by atoms with Crippen molar-refractivity contribution < 1.29 is 4.79 Å². The minimum Gasteiger partial charge on any atom is -0.295 e. The lowest BCUT2D eigenvalue weighted by atomic mass is 9.74. The Hall–Kier alpha value is -1.89. The van der Waals surface area contributed by atoms with Gasteiger partial charge < -0.3 is 0 Å². The van der Waals surface area contributed by atoms with E-state index in [4.69, 9.17) is 0 Å². The van der Waals surface area contributed by atoms with Crippen LogP contribution in [0.2, 0.25) is 0 Å². The molecule has 4 rings (SSSR count). The first kappa shape index (κ1) is 11.0. The quantitative estimate of drug-likeness (QED) is 0.684. The van der Waals surface area contributed by atoms with Crippen LogP contribution in [0.25, 0.3) is 16.8 Å². The lowest BCUT2D eigenvalue weighted by molar-refractivity contribution is -0.117. The summed E-state index contributed by atoms with van der Waals surface area (Å²) in [5, 5.41) is 2.57. The number of hydrogen-bond acceptors (Lipinski definition) is 1. The van der Waals surface area contributed by atoms with E-state index >= 15 is 0 Å². The van der Waals surface area contributed by atoms with E-state index in [1.807, 2.05) is 0 Å². The number of Topliss-reactive ketones (excluding diaryl/α,β-unsaturated/α-hetero) is 1. The first-order valence-electron chi connectivity index (χ1n) is 7.08. The van der Waals surface area contributed by atoms with E-state index in [1.54, 1.807) is 0 Å². The zero-order chi connectivity index (χ0) is 12.8. The smallest absolute Gasteiger partial charge is 0.159 e. The average molecular weight is 248 g/mol. The number of allylic oxidation sites excluding steroid dienone is 1. The Bertz CT molecular complexity index is 709. The zero-order valence-corrected chi connectivity index (χ0v) is 10.9. The second-order valence-corrected chi connectivity index (χ2v) is 5.71. The van der Waals surface area contributed by atoms with E-state index in [2.05, 4.69) is 42.5 Å². The summed E-state index contributed by atoms with van der Waals surface area (Å²) < 4.78 is 0. The molecule has 0 aromatic heterocycles. The second kappa shape index (κ2) is 4.06. The number of ketones is 1. The molecule has 1 atom stereocenters. The molecule has 1 nitrogen and oxygen atoms in total. The number of rotatable bonds is 0. The Morgan fingerprint density at radius 1 is 1.05 bits per heavy atom. The highest BCUT2D eigenvalue weighted by molar-refractivity contribution is 6.02.